The summed E-state index contributed by atoms with van der Waals surface area (Å²) >= 11 is 0. The van der Waals surface area contributed by atoms with Crippen LogP contribution >= 0.6 is 0 Å². The van der Waals surface area contributed by atoms with Gasteiger partial charge in [-0.25, -0.2) is 0 Å². The second-order valence-electron chi connectivity index (χ2n) is 3.77. The molecule has 1 heterocycles. The molecule has 0 amide bonds. The highest BCUT2D eigenvalue weighted by molar-refractivity contribution is 5.09. The fourth-order valence-electron chi connectivity index (χ4n) is 1.37. The Morgan fingerprint density at radius 2 is 1.68 bits per heavy atom. The Labute approximate surface area is 104 Å². The molecule has 0 fully saturated rings. The first-order chi connectivity index (χ1) is 8.55. The molecule has 1 rings (SSSR count). The van der Waals surface area contributed by atoms with Crippen molar-refractivity contribution in [2.24, 2.45) is 5.73 Å². The third-order valence-corrected chi connectivity index (χ3v) is 2.19. The molecule has 0 aliphatic rings. The molecule has 0 saturated heterocycles. The summed E-state index contributed by atoms with van der Waals surface area (Å²) in [6.07, 6.45) is -16.7. The zero-order chi connectivity index (χ0) is 14.8. The van der Waals surface area contributed by atoms with Crippen molar-refractivity contribution in [3.05, 3.63) is 23.7 Å². The highest BCUT2D eigenvalue weighted by Crippen LogP contribution is 2.38. The van der Waals surface area contributed by atoms with E-state index in [1.807, 2.05) is 0 Å². The average Bonchev–Trinajstić information content (AvgIpc) is 2.62. The van der Waals surface area contributed by atoms with Crippen molar-refractivity contribution in [2.75, 3.05) is 6.54 Å². The van der Waals surface area contributed by atoms with Gasteiger partial charge >= 0.3 is 12.4 Å². The van der Waals surface area contributed by atoms with Crippen LogP contribution in [0.5, 0.6) is 0 Å². The second kappa shape index (κ2) is 5.41. The molecule has 2 N–H and O–H groups in total. The van der Waals surface area contributed by atoms with Crippen LogP contribution < -0.4 is 5.73 Å². The number of rotatable bonds is 4. The molecule has 1 aromatic heterocycles. The molecule has 9 heteroatoms. The van der Waals surface area contributed by atoms with Crippen molar-refractivity contribution in [3.8, 4) is 0 Å². The maximum atomic E-state index is 12.3. The summed E-state index contributed by atoms with van der Waals surface area (Å²) in [7, 11) is 0. The SMILES string of the molecule is Cc1ccc(C(CN)OC(C(F)(F)F)C(F)(F)F)o1. The number of furan rings is 1. The molecule has 19 heavy (non-hydrogen) atoms. The average molecular weight is 291 g/mol. The molecular weight excluding hydrogens is 280 g/mol. The summed E-state index contributed by atoms with van der Waals surface area (Å²) in [6.45, 7) is 0.914. The molecule has 0 aliphatic carbocycles. The molecule has 0 saturated carbocycles. The van der Waals surface area contributed by atoms with Gasteiger partial charge < -0.3 is 14.9 Å². The molecule has 1 unspecified atom stereocenters. The van der Waals surface area contributed by atoms with E-state index in [4.69, 9.17) is 10.2 Å². The van der Waals surface area contributed by atoms with Crippen molar-refractivity contribution in [1.82, 2.24) is 0 Å². The number of hydrogen-bond acceptors (Lipinski definition) is 3. The van der Waals surface area contributed by atoms with E-state index in [1.54, 1.807) is 0 Å². The van der Waals surface area contributed by atoms with Gasteiger partial charge in [0, 0.05) is 6.54 Å². The Kier molecular flexibility index (Phi) is 4.51. The molecular formula is C10H11F6NO2. The maximum absolute atomic E-state index is 12.3. The van der Waals surface area contributed by atoms with Crippen LogP contribution in [0.1, 0.15) is 17.6 Å². The fraction of sp³-hybridized carbons (Fsp3) is 0.600. The minimum absolute atomic E-state index is 0.182. The molecule has 0 aromatic carbocycles. The number of alkyl halides is 6. The highest BCUT2D eigenvalue weighted by atomic mass is 19.4. The Hall–Kier alpha value is -1.22. The Bertz CT molecular complexity index is 397. The van der Waals surface area contributed by atoms with E-state index in [9.17, 15) is 26.3 Å². The Morgan fingerprint density at radius 1 is 1.16 bits per heavy atom. The fourth-order valence-corrected chi connectivity index (χ4v) is 1.37. The van der Waals surface area contributed by atoms with Gasteiger partial charge in [-0.3, -0.25) is 0 Å². The quantitative estimate of drug-likeness (QED) is 0.867. The standard InChI is InChI=1S/C10H11F6NO2/c1-5-2-3-6(18-5)7(4-17)19-8(9(11,12)13)10(14,15)16/h2-3,7-8H,4,17H2,1H3. The molecule has 0 radical (unpaired) electrons. The summed E-state index contributed by atoms with van der Waals surface area (Å²) < 4.78 is 82.9. The predicted molar refractivity (Wildman–Crippen MR) is 52.2 cm³/mol. The first kappa shape index (κ1) is 15.8. The second-order valence-corrected chi connectivity index (χ2v) is 3.77. The van der Waals surface area contributed by atoms with Gasteiger partial charge in [0.15, 0.2) is 0 Å². The van der Waals surface area contributed by atoms with Gasteiger partial charge in [-0.15, -0.1) is 0 Å². The highest BCUT2D eigenvalue weighted by Gasteiger charge is 2.58. The molecule has 0 spiro atoms. The van der Waals surface area contributed by atoms with Crippen molar-refractivity contribution in [2.45, 2.75) is 31.5 Å². The number of ether oxygens (including phenoxy) is 1. The van der Waals surface area contributed by atoms with Gasteiger partial charge in [-0.05, 0) is 19.1 Å². The van der Waals surface area contributed by atoms with Crippen molar-refractivity contribution < 1.29 is 35.5 Å². The van der Waals surface area contributed by atoms with Crippen LogP contribution in [0.3, 0.4) is 0 Å². The molecule has 1 atom stereocenters. The smallest absolute Gasteiger partial charge is 0.423 e. The van der Waals surface area contributed by atoms with E-state index in [1.165, 1.54) is 19.1 Å². The van der Waals surface area contributed by atoms with Gasteiger partial charge in [0.2, 0.25) is 6.10 Å². The third kappa shape index (κ3) is 4.13. The van der Waals surface area contributed by atoms with Crippen molar-refractivity contribution in [1.29, 1.82) is 0 Å². The van der Waals surface area contributed by atoms with E-state index in [0.29, 0.717) is 5.76 Å². The number of nitrogens with two attached hydrogens (primary N) is 1. The molecule has 1 aromatic rings. The summed E-state index contributed by atoms with van der Waals surface area (Å²) in [5, 5.41) is 0. The van der Waals surface area contributed by atoms with Crippen molar-refractivity contribution >= 4 is 0 Å². The summed E-state index contributed by atoms with van der Waals surface area (Å²) in [6, 6.07) is 2.61. The lowest BCUT2D eigenvalue weighted by Crippen LogP contribution is -2.45. The van der Waals surface area contributed by atoms with Gasteiger partial charge in [0.1, 0.15) is 17.6 Å². The largest absolute Gasteiger partial charge is 0.464 e. The molecule has 3 nitrogen and oxygen atoms in total. The van der Waals surface area contributed by atoms with E-state index in [-0.39, 0.29) is 5.76 Å². The van der Waals surface area contributed by atoms with Crippen LogP contribution in [0.4, 0.5) is 26.3 Å². The van der Waals surface area contributed by atoms with Crippen LogP contribution in [0.2, 0.25) is 0 Å². The van der Waals surface area contributed by atoms with Crippen LogP contribution in [0, 0.1) is 6.92 Å². The lowest BCUT2D eigenvalue weighted by atomic mass is 10.2. The normalized spacial score (nSPS) is 15.0. The van der Waals surface area contributed by atoms with Crippen LogP contribution in [0.15, 0.2) is 16.5 Å². The van der Waals surface area contributed by atoms with Gasteiger partial charge in [0.05, 0.1) is 0 Å². The molecule has 0 aliphatic heterocycles. The third-order valence-electron chi connectivity index (χ3n) is 2.19. The number of aryl methyl sites for hydroxylation is 1. The number of halogens is 6. The molecule has 110 valence electrons. The Balaban J connectivity index is 2.94. The summed E-state index contributed by atoms with van der Waals surface area (Å²) in [5.41, 5.74) is 5.13. The van der Waals surface area contributed by atoms with Gasteiger partial charge in [-0.1, -0.05) is 0 Å². The van der Waals surface area contributed by atoms with E-state index in [0.717, 1.165) is 0 Å². The molecule has 0 bridgehead atoms. The topological polar surface area (TPSA) is 48.4 Å². The van der Waals surface area contributed by atoms with Crippen LogP contribution in [0.25, 0.3) is 0 Å². The number of hydrogen-bond donors (Lipinski definition) is 1. The van der Waals surface area contributed by atoms with E-state index in [2.05, 4.69) is 4.74 Å². The minimum Gasteiger partial charge on any atom is -0.464 e. The summed E-state index contributed by atoms with van der Waals surface area (Å²) in [4.78, 5) is 0. The first-order valence-corrected chi connectivity index (χ1v) is 5.11. The zero-order valence-electron chi connectivity index (χ0n) is 9.68. The zero-order valence-corrected chi connectivity index (χ0v) is 9.68. The monoisotopic (exact) mass is 291 g/mol. The van der Waals surface area contributed by atoms with Crippen molar-refractivity contribution in [3.63, 3.8) is 0 Å². The van der Waals surface area contributed by atoms with Gasteiger partial charge in [0.25, 0.3) is 0 Å². The van der Waals surface area contributed by atoms with E-state index >= 15 is 0 Å². The first-order valence-electron chi connectivity index (χ1n) is 5.11. The predicted octanol–water partition coefficient (Wildman–Crippen LogP) is 3.10. The van der Waals surface area contributed by atoms with E-state index < -0.39 is 31.1 Å². The lowest BCUT2D eigenvalue weighted by molar-refractivity contribution is -0.332. The maximum Gasteiger partial charge on any atom is 0.423 e. The van der Waals surface area contributed by atoms with Gasteiger partial charge in [-0.2, -0.15) is 26.3 Å². The Morgan fingerprint density at radius 3 is 2.00 bits per heavy atom. The van der Waals surface area contributed by atoms with Crippen LogP contribution in [-0.4, -0.2) is 25.0 Å². The lowest BCUT2D eigenvalue weighted by Gasteiger charge is -2.26. The summed E-state index contributed by atoms with van der Waals surface area (Å²) in [5.74, 6) is 0.145. The minimum atomic E-state index is -5.58. The van der Waals surface area contributed by atoms with Crippen LogP contribution in [-0.2, 0) is 4.74 Å².